The first kappa shape index (κ1) is 7.78. The molecule has 1 nitrogen and oxygen atoms in total. The van der Waals surface area contributed by atoms with E-state index in [1.165, 1.54) is 0 Å². The quantitative estimate of drug-likeness (QED) is 0.599. The van der Waals surface area contributed by atoms with Crippen molar-refractivity contribution >= 4 is 0 Å². The maximum Gasteiger partial charge on any atom is 0.311 e. The number of rotatable bonds is 2. The number of hydrogen-bond acceptors (Lipinski definition) is 1. The average molecular weight is 157 g/mol. The molecule has 1 fully saturated rings. The first-order valence-electron chi connectivity index (χ1n) is 2.87. The fraction of sp³-hybridized carbons (Fsp3) is 1.00. The van der Waals surface area contributed by atoms with Crippen molar-refractivity contribution in [2.24, 2.45) is 11.7 Å². The molecule has 0 heterocycles. The van der Waals surface area contributed by atoms with Gasteiger partial charge in [0.15, 0.2) is 0 Å². The lowest BCUT2D eigenvalue weighted by Crippen LogP contribution is -2.31. The Balaban J connectivity index is 2.52. The minimum absolute atomic E-state index is 0.0112. The van der Waals surface area contributed by atoms with Gasteiger partial charge in [-0.25, -0.2) is 8.78 Å². The summed E-state index contributed by atoms with van der Waals surface area (Å²) >= 11 is 0. The highest BCUT2D eigenvalue weighted by Crippen LogP contribution is 2.45. The van der Waals surface area contributed by atoms with Gasteiger partial charge in [0.2, 0.25) is 0 Å². The van der Waals surface area contributed by atoms with Crippen LogP contribution in [0.2, 0.25) is 0 Å². The SMILES string of the molecule is N[C@@H]1C[C@H]1C(F)(F)C(F)F. The summed E-state index contributed by atoms with van der Waals surface area (Å²) in [6.07, 6.45) is -3.57. The third-order valence-corrected chi connectivity index (χ3v) is 1.63. The molecular weight excluding hydrogens is 150 g/mol. The standard InChI is InChI=1S/C5H7F4N/c6-4(7)5(8,9)2-1-3(2)10/h2-4H,1,10H2/t2-,3-/m1/s1. The molecule has 0 unspecified atom stereocenters. The van der Waals surface area contributed by atoms with Gasteiger partial charge in [-0.2, -0.15) is 8.78 Å². The van der Waals surface area contributed by atoms with Gasteiger partial charge in [0.1, 0.15) is 0 Å². The van der Waals surface area contributed by atoms with Crippen LogP contribution < -0.4 is 5.73 Å². The molecule has 0 aromatic rings. The average Bonchev–Trinajstić information content (AvgIpc) is 2.46. The molecule has 0 radical (unpaired) electrons. The Labute approximate surface area is 55.2 Å². The molecule has 2 N–H and O–H groups in total. The van der Waals surface area contributed by atoms with Crippen LogP contribution in [0.5, 0.6) is 0 Å². The third kappa shape index (κ3) is 1.10. The number of alkyl halides is 4. The maximum atomic E-state index is 12.2. The van der Waals surface area contributed by atoms with Crippen molar-refractivity contribution in [1.82, 2.24) is 0 Å². The van der Waals surface area contributed by atoms with Crippen molar-refractivity contribution in [3.63, 3.8) is 0 Å². The predicted octanol–water partition coefficient (Wildman–Crippen LogP) is 1.23. The fourth-order valence-electron chi connectivity index (χ4n) is 0.819. The van der Waals surface area contributed by atoms with Gasteiger partial charge in [-0.15, -0.1) is 0 Å². The Morgan fingerprint density at radius 2 is 1.80 bits per heavy atom. The fourth-order valence-corrected chi connectivity index (χ4v) is 0.819. The van der Waals surface area contributed by atoms with Crippen LogP contribution in [0.4, 0.5) is 17.6 Å². The van der Waals surface area contributed by atoms with E-state index in [0.29, 0.717) is 0 Å². The van der Waals surface area contributed by atoms with Crippen LogP contribution in [0, 0.1) is 5.92 Å². The molecule has 0 aromatic carbocycles. The smallest absolute Gasteiger partial charge is 0.311 e. The first-order chi connectivity index (χ1) is 4.46. The van der Waals surface area contributed by atoms with E-state index in [1.54, 1.807) is 0 Å². The lowest BCUT2D eigenvalue weighted by atomic mass is 10.2. The van der Waals surface area contributed by atoms with Crippen molar-refractivity contribution in [2.75, 3.05) is 0 Å². The molecule has 2 atom stereocenters. The molecule has 1 rings (SSSR count). The minimum Gasteiger partial charge on any atom is -0.327 e. The second kappa shape index (κ2) is 2.08. The van der Waals surface area contributed by atoms with Crippen LogP contribution >= 0.6 is 0 Å². The number of halogens is 4. The lowest BCUT2D eigenvalue weighted by Gasteiger charge is -2.13. The first-order valence-corrected chi connectivity index (χ1v) is 2.87. The molecule has 0 aliphatic heterocycles. The Morgan fingerprint density at radius 3 is 1.90 bits per heavy atom. The van der Waals surface area contributed by atoms with Crippen molar-refractivity contribution in [3.05, 3.63) is 0 Å². The summed E-state index contributed by atoms with van der Waals surface area (Å²) in [7, 11) is 0. The highest BCUT2D eigenvalue weighted by molar-refractivity contribution is 5.00. The van der Waals surface area contributed by atoms with Gasteiger partial charge < -0.3 is 5.73 Å². The molecule has 60 valence electrons. The third-order valence-electron chi connectivity index (χ3n) is 1.63. The molecule has 0 amide bonds. The summed E-state index contributed by atoms with van der Waals surface area (Å²) in [5.74, 6) is -5.17. The molecule has 1 saturated carbocycles. The molecule has 5 heteroatoms. The highest BCUT2D eigenvalue weighted by atomic mass is 19.3. The summed E-state index contributed by atoms with van der Waals surface area (Å²) in [6, 6.07) is -0.732. The van der Waals surface area contributed by atoms with Crippen LogP contribution in [-0.2, 0) is 0 Å². The van der Waals surface area contributed by atoms with Crippen LogP contribution in [0.1, 0.15) is 6.42 Å². The van der Waals surface area contributed by atoms with Crippen LogP contribution in [-0.4, -0.2) is 18.4 Å². The monoisotopic (exact) mass is 157 g/mol. The summed E-state index contributed by atoms with van der Waals surface area (Å²) < 4.78 is 47.2. The molecule has 1 aliphatic rings. The van der Waals surface area contributed by atoms with Crippen LogP contribution in [0.3, 0.4) is 0 Å². The second-order valence-electron chi connectivity index (χ2n) is 2.48. The van der Waals surface area contributed by atoms with Gasteiger partial charge in [0, 0.05) is 12.0 Å². The Morgan fingerprint density at radius 1 is 1.40 bits per heavy atom. The van der Waals surface area contributed by atoms with Gasteiger partial charge in [0.05, 0.1) is 0 Å². The van der Waals surface area contributed by atoms with Crippen molar-refractivity contribution < 1.29 is 17.6 Å². The normalized spacial score (nSPS) is 33.0. The summed E-state index contributed by atoms with van der Waals surface area (Å²) in [6.45, 7) is 0. The summed E-state index contributed by atoms with van der Waals surface area (Å²) in [5.41, 5.74) is 4.98. The van der Waals surface area contributed by atoms with Gasteiger partial charge in [-0.3, -0.25) is 0 Å². The topological polar surface area (TPSA) is 26.0 Å². The zero-order valence-corrected chi connectivity index (χ0v) is 5.03. The molecule has 0 saturated heterocycles. The van der Waals surface area contributed by atoms with Crippen LogP contribution in [0.25, 0.3) is 0 Å². The molecular formula is C5H7F4N. The van der Waals surface area contributed by atoms with E-state index in [2.05, 4.69) is 0 Å². The van der Waals surface area contributed by atoms with Gasteiger partial charge >= 0.3 is 12.3 Å². The number of nitrogens with two attached hydrogens (primary N) is 1. The lowest BCUT2D eigenvalue weighted by molar-refractivity contribution is -0.143. The Hall–Kier alpha value is -0.320. The molecule has 1 aliphatic carbocycles. The summed E-state index contributed by atoms with van der Waals surface area (Å²) in [4.78, 5) is 0. The predicted molar refractivity (Wildman–Crippen MR) is 27.0 cm³/mol. The summed E-state index contributed by atoms with van der Waals surface area (Å²) in [5, 5.41) is 0. The van der Waals surface area contributed by atoms with Crippen molar-refractivity contribution in [1.29, 1.82) is 0 Å². The van der Waals surface area contributed by atoms with E-state index in [9.17, 15) is 17.6 Å². The molecule has 0 bridgehead atoms. The van der Waals surface area contributed by atoms with E-state index >= 15 is 0 Å². The maximum absolute atomic E-state index is 12.2. The second-order valence-corrected chi connectivity index (χ2v) is 2.48. The van der Waals surface area contributed by atoms with E-state index in [0.717, 1.165) is 0 Å². The Bertz CT molecular complexity index is 136. The van der Waals surface area contributed by atoms with Crippen molar-refractivity contribution in [3.8, 4) is 0 Å². The minimum atomic E-state index is -3.88. The van der Waals surface area contributed by atoms with Crippen molar-refractivity contribution in [2.45, 2.75) is 24.8 Å². The zero-order chi connectivity index (χ0) is 7.94. The molecule has 0 aromatic heterocycles. The van der Waals surface area contributed by atoms with Gasteiger partial charge in [-0.1, -0.05) is 0 Å². The highest BCUT2D eigenvalue weighted by Gasteiger charge is 2.58. The molecule has 10 heavy (non-hydrogen) atoms. The Kier molecular flexibility index (Phi) is 1.62. The molecule has 0 spiro atoms. The van der Waals surface area contributed by atoms with Gasteiger partial charge in [0.25, 0.3) is 0 Å². The van der Waals surface area contributed by atoms with E-state index < -0.39 is 24.3 Å². The van der Waals surface area contributed by atoms with Crippen LogP contribution in [0.15, 0.2) is 0 Å². The van der Waals surface area contributed by atoms with E-state index in [1.807, 2.05) is 0 Å². The zero-order valence-electron chi connectivity index (χ0n) is 5.03. The largest absolute Gasteiger partial charge is 0.327 e. The van der Waals surface area contributed by atoms with E-state index in [4.69, 9.17) is 5.73 Å². The van der Waals surface area contributed by atoms with Gasteiger partial charge in [-0.05, 0) is 6.42 Å². The number of hydrogen-bond donors (Lipinski definition) is 1. The van der Waals surface area contributed by atoms with E-state index in [-0.39, 0.29) is 6.42 Å².